The van der Waals surface area contributed by atoms with Gasteiger partial charge in [-0.15, -0.1) is 23.5 Å². The molecule has 51 heavy (non-hydrogen) atoms. The molecule has 2 aliphatic rings. The molecule has 0 radical (unpaired) electrons. The van der Waals surface area contributed by atoms with Crippen molar-refractivity contribution in [2.24, 2.45) is 0 Å². The van der Waals surface area contributed by atoms with Crippen LogP contribution in [-0.2, 0) is 27.6 Å². The van der Waals surface area contributed by atoms with Gasteiger partial charge >= 0.3 is 19.2 Å². The smallest absolute Gasteiger partial charge is 0.381 e. The van der Waals surface area contributed by atoms with Crippen LogP contribution < -0.4 is 22.8 Å². The first-order valence-corrected chi connectivity index (χ1v) is 21.3. The number of unbranched alkanes of at least 4 members (excludes halogenated alkanes) is 13. The van der Waals surface area contributed by atoms with Crippen LogP contribution in [0.2, 0.25) is 0 Å². The van der Waals surface area contributed by atoms with Gasteiger partial charge in [0.1, 0.15) is 23.3 Å². The van der Waals surface area contributed by atoms with E-state index in [4.69, 9.17) is 34.5 Å². The van der Waals surface area contributed by atoms with Gasteiger partial charge in [-0.3, -0.25) is 22.7 Å². The van der Waals surface area contributed by atoms with E-state index in [1.165, 1.54) is 87.7 Å². The van der Waals surface area contributed by atoms with E-state index < -0.39 is 65.8 Å². The summed E-state index contributed by atoms with van der Waals surface area (Å²) in [5.74, 6) is -2.16. The number of hydrogen-bond acceptors (Lipinski definition) is 14. The second kappa shape index (κ2) is 21.6. The van der Waals surface area contributed by atoms with Gasteiger partial charge in [-0.2, -0.15) is 9.97 Å². The predicted octanol–water partition coefficient (Wildman–Crippen LogP) is 6.76. The van der Waals surface area contributed by atoms with Crippen LogP contribution in [-0.4, -0.2) is 61.3 Å². The molecule has 0 amide bonds. The third-order valence-electron chi connectivity index (χ3n) is 8.44. The molecule has 4 unspecified atom stereocenters. The number of ether oxygens (including phenoxy) is 2. The zero-order valence-corrected chi connectivity index (χ0v) is 31.7. The lowest BCUT2D eigenvalue weighted by Crippen LogP contribution is -2.30. The molecule has 2 aromatic heterocycles. The fourth-order valence-corrected chi connectivity index (χ4v) is 8.96. The van der Waals surface area contributed by atoms with Gasteiger partial charge in [-0.25, -0.2) is 22.9 Å². The average Bonchev–Trinajstić information content (AvgIpc) is 3.78. The molecule has 0 aliphatic carbocycles. The van der Waals surface area contributed by atoms with E-state index in [1.54, 1.807) is 0 Å². The molecule has 19 heteroatoms. The first-order chi connectivity index (χ1) is 24.6. The number of halogens is 2. The third kappa shape index (κ3) is 13.7. The van der Waals surface area contributed by atoms with Crippen LogP contribution in [0, 0.1) is 11.6 Å². The molecule has 4 rings (SSSR count). The Hall–Kier alpha value is -2.05. The number of nitrogens with zero attached hydrogens (tertiary/aromatic N) is 4. The van der Waals surface area contributed by atoms with Crippen LogP contribution in [0.5, 0.6) is 0 Å². The number of anilines is 2. The normalized spacial score (nSPS) is 21.7. The summed E-state index contributed by atoms with van der Waals surface area (Å²) in [4.78, 5) is 31.4. The largest absolute Gasteiger partial charge is 0.475 e. The quantitative estimate of drug-likeness (QED) is 0.0841. The molecule has 14 nitrogen and oxygen atoms in total. The molecule has 0 spiro atoms. The van der Waals surface area contributed by atoms with E-state index in [1.807, 2.05) is 0 Å². The van der Waals surface area contributed by atoms with Gasteiger partial charge in [0.05, 0.1) is 32.2 Å². The van der Waals surface area contributed by atoms with Gasteiger partial charge in [0.25, 0.3) is 0 Å². The number of thioether (sulfide) groups is 2. The lowest BCUT2D eigenvalue weighted by molar-refractivity contribution is -0.0232. The van der Waals surface area contributed by atoms with Crippen molar-refractivity contribution < 1.29 is 36.4 Å². The summed E-state index contributed by atoms with van der Waals surface area (Å²) in [5, 5.41) is 0. The van der Waals surface area contributed by atoms with Crippen LogP contribution >= 0.6 is 31.3 Å². The summed E-state index contributed by atoms with van der Waals surface area (Å²) in [6, 6.07) is 0. The first kappa shape index (κ1) is 41.7. The summed E-state index contributed by atoms with van der Waals surface area (Å²) < 4.78 is 72.5. The molecule has 2 aliphatic heterocycles. The van der Waals surface area contributed by atoms with Crippen LogP contribution in [0.4, 0.5) is 20.4 Å². The Kier molecular flexibility index (Phi) is 17.7. The summed E-state index contributed by atoms with van der Waals surface area (Å²) in [5.41, 5.74) is 7.88. The lowest BCUT2D eigenvalue weighted by Gasteiger charge is -2.21. The Balaban J connectivity index is 1.22. The second-order valence-electron chi connectivity index (χ2n) is 12.5. The number of phosphoric acid groups is 1. The number of hydrogen-bond donors (Lipinski definition) is 2. The molecule has 2 saturated heterocycles. The van der Waals surface area contributed by atoms with E-state index >= 15 is 0 Å². The minimum absolute atomic E-state index is 0.134. The van der Waals surface area contributed by atoms with Gasteiger partial charge in [-0.1, -0.05) is 90.4 Å². The minimum Gasteiger partial charge on any atom is -0.381 e. The fraction of sp³-hybridized carbons (Fsp3) is 0.750. The van der Waals surface area contributed by atoms with Crippen LogP contribution in [0.25, 0.3) is 0 Å². The highest BCUT2D eigenvalue weighted by atomic mass is 32.2. The maximum Gasteiger partial charge on any atom is 0.475 e. The molecule has 2 fully saturated rings. The summed E-state index contributed by atoms with van der Waals surface area (Å²) >= 11 is 2.54. The van der Waals surface area contributed by atoms with Crippen molar-refractivity contribution in [1.82, 2.24) is 19.1 Å². The number of aromatic nitrogens is 4. The average molecular weight is 781 g/mol. The van der Waals surface area contributed by atoms with E-state index in [9.17, 15) is 22.9 Å². The van der Waals surface area contributed by atoms with Crippen molar-refractivity contribution in [3.8, 4) is 0 Å². The van der Waals surface area contributed by atoms with E-state index in [0.29, 0.717) is 6.42 Å². The molecule has 288 valence electrons. The summed E-state index contributed by atoms with van der Waals surface area (Å²) in [7, 11) is -4.14. The molecular formula is C32H51F2N6O8PS2. The standard InChI is InChI=1S/C32H51F2N6O8PS2/c1-2-3-4-5-6-7-8-9-10-11-12-13-14-15-16-44-49(43,45-19-27-47-25(21-50-27)39-17-23(33)29(35)37-31(39)41)46-20-28-48-26(22-51-28)40-18-24(34)30(36)38-32(40)42/h17-18,25-28H,2-16,19-22H2,1H3,(H2,35,37,41)(H2,36,38,42). The summed E-state index contributed by atoms with van der Waals surface area (Å²) in [6.45, 7) is 1.93. The Morgan fingerprint density at radius 3 is 1.53 bits per heavy atom. The maximum absolute atomic E-state index is 14.0. The van der Waals surface area contributed by atoms with Crippen molar-refractivity contribution in [2.45, 2.75) is 120 Å². The van der Waals surface area contributed by atoms with E-state index in [2.05, 4.69) is 16.9 Å². The molecule has 0 aromatic carbocycles. The molecular weight excluding hydrogens is 729 g/mol. The third-order valence-corrected chi connectivity index (χ3v) is 12.1. The van der Waals surface area contributed by atoms with Crippen molar-refractivity contribution >= 4 is 43.0 Å². The second-order valence-corrected chi connectivity index (χ2v) is 16.6. The van der Waals surface area contributed by atoms with Gasteiger partial charge in [-0.05, 0) is 6.42 Å². The molecule has 2 aromatic rings. The minimum atomic E-state index is -4.14. The monoisotopic (exact) mass is 780 g/mol. The zero-order chi connectivity index (χ0) is 36.6. The highest BCUT2D eigenvalue weighted by Crippen LogP contribution is 2.51. The predicted molar refractivity (Wildman–Crippen MR) is 194 cm³/mol. The SMILES string of the molecule is CCCCCCCCCCCCCCCCOP(=O)(OCC1OC(n2cc(F)c(N)nc2=O)CS1)OCC1OC(n2cc(F)c(N)nc2=O)CS1. The number of nitrogen functional groups attached to an aromatic ring is 2. The highest BCUT2D eigenvalue weighted by Gasteiger charge is 2.36. The van der Waals surface area contributed by atoms with Gasteiger partial charge in [0.2, 0.25) is 0 Å². The zero-order valence-electron chi connectivity index (χ0n) is 29.1. The maximum atomic E-state index is 14.0. The molecule has 4 atom stereocenters. The Labute approximate surface area is 305 Å². The van der Waals surface area contributed by atoms with Crippen molar-refractivity contribution in [3.05, 3.63) is 45.0 Å². The number of nitrogens with two attached hydrogens (primary N) is 2. The lowest BCUT2D eigenvalue weighted by atomic mass is 10.0. The Morgan fingerprint density at radius 2 is 1.12 bits per heavy atom. The van der Waals surface area contributed by atoms with Crippen molar-refractivity contribution in [2.75, 3.05) is 42.8 Å². The Morgan fingerprint density at radius 1 is 0.725 bits per heavy atom. The van der Waals surface area contributed by atoms with Gasteiger partial charge in [0.15, 0.2) is 23.3 Å². The fourth-order valence-electron chi connectivity index (χ4n) is 5.57. The topological polar surface area (TPSA) is 185 Å². The van der Waals surface area contributed by atoms with Crippen molar-refractivity contribution in [3.63, 3.8) is 0 Å². The number of rotatable bonds is 24. The van der Waals surface area contributed by atoms with Crippen LogP contribution in [0.3, 0.4) is 0 Å². The van der Waals surface area contributed by atoms with E-state index in [0.717, 1.165) is 40.8 Å². The molecule has 0 bridgehead atoms. The van der Waals surface area contributed by atoms with Gasteiger partial charge < -0.3 is 20.9 Å². The first-order valence-electron chi connectivity index (χ1n) is 17.7. The van der Waals surface area contributed by atoms with Crippen molar-refractivity contribution in [1.29, 1.82) is 0 Å². The number of phosphoric ester groups is 1. The summed E-state index contributed by atoms with van der Waals surface area (Å²) in [6.07, 6.45) is 16.9. The van der Waals surface area contributed by atoms with E-state index in [-0.39, 0.29) is 31.3 Å². The molecule has 4 N–H and O–H groups in total. The molecule has 4 heterocycles. The van der Waals surface area contributed by atoms with Crippen LogP contribution in [0.1, 0.15) is 109 Å². The van der Waals surface area contributed by atoms with Crippen LogP contribution in [0.15, 0.2) is 22.0 Å². The molecule has 0 saturated carbocycles. The van der Waals surface area contributed by atoms with Gasteiger partial charge in [0, 0.05) is 11.5 Å². The Bertz CT molecular complexity index is 1450. The highest BCUT2D eigenvalue weighted by molar-refractivity contribution is 8.00.